The molecule has 0 radical (unpaired) electrons. The Morgan fingerprint density at radius 3 is 2.46 bits per heavy atom. The van der Waals surface area contributed by atoms with Gasteiger partial charge in [0.25, 0.3) is 0 Å². The van der Waals surface area contributed by atoms with Crippen LogP contribution in [0, 0.1) is 11.8 Å². The zero-order chi connectivity index (χ0) is 24.4. The van der Waals surface area contributed by atoms with Crippen LogP contribution >= 0.6 is 34.5 Å². The quantitative estimate of drug-likeness (QED) is 0.495. The standard InChI is InChI=1S/C25H25Cl2N5O2S/c1-12-7-28-8-13(2)31(12)10-19-16(3-14(26)4-20(19)27)22-23-21(29-11-30-22)5-15(35-23)9-32-24(33)17-6-18(17)25(32)34/h3-5,11-13,17-18,28H,6-10H2,1-2H3/t12-,13-,17?,18?/m0/s1. The summed E-state index contributed by atoms with van der Waals surface area (Å²) in [5, 5.41) is 4.63. The number of piperidine rings is 1. The van der Waals surface area contributed by atoms with Crippen LogP contribution in [0.1, 0.15) is 30.7 Å². The fraction of sp³-hybridized carbons (Fsp3) is 0.440. The number of halogens is 2. The number of likely N-dealkylation sites (tertiary alicyclic amines) is 1. The maximum absolute atomic E-state index is 12.5. The van der Waals surface area contributed by atoms with Gasteiger partial charge in [-0.1, -0.05) is 23.2 Å². The van der Waals surface area contributed by atoms with E-state index in [2.05, 4.69) is 34.0 Å². The molecule has 10 heteroatoms. The average Bonchev–Trinajstić information content (AvgIpc) is 3.45. The lowest BCUT2D eigenvalue weighted by Crippen LogP contribution is -2.54. The van der Waals surface area contributed by atoms with Crippen LogP contribution in [0.2, 0.25) is 10.0 Å². The number of imide groups is 1. The van der Waals surface area contributed by atoms with Crippen molar-refractivity contribution >= 4 is 56.6 Å². The van der Waals surface area contributed by atoms with Crippen LogP contribution < -0.4 is 5.32 Å². The van der Waals surface area contributed by atoms with Crippen LogP contribution in [-0.2, 0) is 22.7 Å². The lowest BCUT2D eigenvalue weighted by Gasteiger charge is -2.40. The van der Waals surface area contributed by atoms with Crippen LogP contribution in [0.4, 0.5) is 0 Å². The summed E-state index contributed by atoms with van der Waals surface area (Å²) in [7, 11) is 0. The highest BCUT2D eigenvalue weighted by Crippen LogP contribution is 2.48. The van der Waals surface area contributed by atoms with Gasteiger partial charge in [0.05, 0.1) is 34.3 Å². The predicted octanol–water partition coefficient (Wildman–Crippen LogP) is 4.35. The third-order valence-corrected chi connectivity index (χ3v) is 9.07. The summed E-state index contributed by atoms with van der Waals surface area (Å²) in [6.07, 6.45) is 2.25. The number of thiophene rings is 1. The Hall–Kier alpha value is -2.10. The Kier molecular flexibility index (Phi) is 5.85. The molecule has 3 aliphatic rings. The predicted molar refractivity (Wildman–Crippen MR) is 137 cm³/mol. The van der Waals surface area contributed by atoms with Crippen molar-refractivity contribution in [2.45, 2.75) is 45.4 Å². The van der Waals surface area contributed by atoms with Crippen molar-refractivity contribution in [3.05, 3.63) is 45.0 Å². The number of piperazine rings is 1. The van der Waals surface area contributed by atoms with E-state index >= 15 is 0 Å². The summed E-state index contributed by atoms with van der Waals surface area (Å²) in [5.74, 6) is -0.296. The summed E-state index contributed by atoms with van der Waals surface area (Å²) in [5.41, 5.74) is 3.42. The molecule has 3 fully saturated rings. The molecule has 6 rings (SSSR count). The second kappa shape index (κ2) is 8.78. The molecule has 1 aliphatic carbocycles. The highest BCUT2D eigenvalue weighted by molar-refractivity contribution is 7.19. The van der Waals surface area contributed by atoms with Gasteiger partial charge < -0.3 is 5.32 Å². The molecular formula is C25H25Cl2N5O2S. The molecule has 0 bridgehead atoms. The van der Waals surface area contributed by atoms with Gasteiger partial charge in [-0.25, -0.2) is 9.97 Å². The van der Waals surface area contributed by atoms with E-state index in [0.29, 0.717) is 35.1 Å². The Bertz CT molecular complexity index is 1330. The van der Waals surface area contributed by atoms with Gasteiger partial charge in [-0.3, -0.25) is 19.4 Å². The van der Waals surface area contributed by atoms with E-state index < -0.39 is 0 Å². The van der Waals surface area contributed by atoms with Crippen molar-refractivity contribution in [3.8, 4) is 11.3 Å². The first kappa shape index (κ1) is 23.3. The van der Waals surface area contributed by atoms with Crippen LogP contribution in [0.5, 0.6) is 0 Å². The van der Waals surface area contributed by atoms with E-state index in [0.717, 1.165) is 45.0 Å². The first-order valence-electron chi connectivity index (χ1n) is 11.8. The largest absolute Gasteiger partial charge is 0.314 e. The molecule has 1 saturated carbocycles. The molecule has 2 amide bonds. The maximum Gasteiger partial charge on any atom is 0.233 e. The molecule has 1 aromatic carbocycles. The average molecular weight is 530 g/mol. The van der Waals surface area contributed by atoms with E-state index in [1.807, 2.05) is 12.1 Å². The van der Waals surface area contributed by atoms with Crippen molar-refractivity contribution in [2.75, 3.05) is 13.1 Å². The number of carbonyl (C=O) groups is 2. The second-order valence-electron chi connectivity index (χ2n) is 9.80. The third-order valence-electron chi connectivity index (χ3n) is 7.40. The molecular weight excluding hydrogens is 505 g/mol. The molecule has 2 aliphatic heterocycles. The van der Waals surface area contributed by atoms with E-state index in [-0.39, 0.29) is 30.2 Å². The normalized spacial score (nSPS) is 26.6. The zero-order valence-electron chi connectivity index (χ0n) is 19.4. The molecule has 2 unspecified atom stereocenters. The number of benzene rings is 1. The van der Waals surface area contributed by atoms with Crippen molar-refractivity contribution in [1.29, 1.82) is 0 Å². The maximum atomic E-state index is 12.5. The fourth-order valence-corrected chi connectivity index (χ4v) is 7.03. The fourth-order valence-electron chi connectivity index (χ4n) is 5.37. The van der Waals surface area contributed by atoms with Gasteiger partial charge in [-0.15, -0.1) is 11.3 Å². The molecule has 0 spiro atoms. The molecule has 1 N–H and O–H groups in total. The van der Waals surface area contributed by atoms with Crippen molar-refractivity contribution in [2.24, 2.45) is 11.8 Å². The molecule has 35 heavy (non-hydrogen) atoms. The lowest BCUT2D eigenvalue weighted by atomic mass is 10.0. The first-order chi connectivity index (χ1) is 16.8. The van der Waals surface area contributed by atoms with Gasteiger partial charge >= 0.3 is 0 Å². The van der Waals surface area contributed by atoms with Crippen molar-refractivity contribution < 1.29 is 9.59 Å². The summed E-state index contributed by atoms with van der Waals surface area (Å²) < 4.78 is 0.896. The van der Waals surface area contributed by atoms with Crippen LogP contribution in [0.3, 0.4) is 0 Å². The van der Waals surface area contributed by atoms with Gasteiger partial charge in [0.2, 0.25) is 11.8 Å². The number of nitrogens with zero attached hydrogens (tertiary/aromatic N) is 4. The highest BCUT2D eigenvalue weighted by atomic mass is 35.5. The smallest absolute Gasteiger partial charge is 0.233 e. The molecule has 182 valence electrons. The third kappa shape index (κ3) is 4.05. The topological polar surface area (TPSA) is 78.4 Å². The summed E-state index contributed by atoms with van der Waals surface area (Å²) >= 11 is 14.7. The van der Waals surface area contributed by atoms with Crippen molar-refractivity contribution in [3.63, 3.8) is 0 Å². The SMILES string of the molecule is C[C@H]1CNC[C@H](C)N1Cc1c(Cl)cc(Cl)cc1-c1ncnc2cc(CN3C(=O)C4CC4C3=O)sc12. The molecule has 2 aromatic heterocycles. The number of rotatable bonds is 5. The Balaban J connectivity index is 1.39. The van der Waals surface area contributed by atoms with Crippen LogP contribution in [-0.4, -0.2) is 56.8 Å². The minimum atomic E-state index is -0.0989. The monoisotopic (exact) mass is 529 g/mol. The number of fused-ring (bicyclic) bond motifs is 2. The molecule has 4 atom stereocenters. The zero-order valence-corrected chi connectivity index (χ0v) is 21.8. The van der Waals surface area contributed by atoms with Gasteiger partial charge in [-0.2, -0.15) is 0 Å². The number of carbonyl (C=O) groups excluding carboxylic acids is 2. The number of aromatic nitrogens is 2. The Morgan fingerprint density at radius 2 is 1.74 bits per heavy atom. The van der Waals surface area contributed by atoms with Crippen molar-refractivity contribution in [1.82, 2.24) is 25.1 Å². The number of nitrogens with one attached hydrogen (secondary N) is 1. The van der Waals surface area contributed by atoms with Gasteiger partial charge in [0.1, 0.15) is 6.33 Å². The summed E-state index contributed by atoms with van der Waals surface area (Å²) in [6.45, 7) is 7.23. The molecule has 2 saturated heterocycles. The van der Waals surface area contributed by atoms with Gasteiger partial charge in [0.15, 0.2) is 0 Å². The Labute approximate surface area is 217 Å². The van der Waals surface area contributed by atoms with E-state index in [1.165, 1.54) is 16.2 Å². The van der Waals surface area contributed by atoms with E-state index in [1.54, 1.807) is 12.4 Å². The second-order valence-corrected chi connectivity index (χ2v) is 11.8. The van der Waals surface area contributed by atoms with Crippen LogP contribution in [0.15, 0.2) is 24.5 Å². The minimum absolute atomic E-state index is 0.0491. The number of amides is 2. The highest BCUT2D eigenvalue weighted by Gasteiger charge is 2.58. The summed E-state index contributed by atoms with van der Waals surface area (Å²) in [6, 6.07) is 6.37. The minimum Gasteiger partial charge on any atom is -0.314 e. The van der Waals surface area contributed by atoms with Gasteiger partial charge in [0, 0.05) is 52.2 Å². The van der Waals surface area contributed by atoms with E-state index in [4.69, 9.17) is 23.2 Å². The summed E-state index contributed by atoms with van der Waals surface area (Å²) in [4.78, 5) is 38.8. The molecule has 3 aromatic rings. The number of hydrogen-bond acceptors (Lipinski definition) is 7. The first-order valence-corrected chi connectivity index (χ1v) is 13.4. The molecule has 4 heterocycles. The lowest BCUT2D eigenvalue weighted by molar-refractivity contribution is -0.141. The number of hydrogen-bond donors (Lipinski definition) is 1. The molecule has 7 nitrogen and oxygen atoms in total. The van der Waals surface area contributed by atoms with Gasteiger partial charge in [-0.05, 0) is 44.0 Å². The van der Waals surface area contributed by atoms with Crippen LogP contribution in [0.25, 0.3) is 21.5 Å². The Morgan fingerprint density at radius 1 is 1.03 bits per heavy atom. The van der Waals surface area contributed by atoms with E-state index in [9.17, 15) is 9.59 Å².